The summed E-state index contributed by atoms with van der Waals surface area (Å²) >= 11 is 0. The Morgan fingerprint density at radius 1 is 1.21 bits per heavy atom. The van der Waals surface area contributed by atoms with Crippen molar-refractivity contribution in [3.8, 4) is 5.75 Å². The molecule has 2 aromatic carbocycles. The lowest BCUT2D eigenvalue weighted by atomic mass is 9.97. The Hall–Kier alpha value is -3.24. The average molecular weight is 531 g/mol. The zero-order chi connectivity index (χ0) is 27.0. The molecule has 1 atom stereocenters. The van der Waals surface area contributed by atoms with E-state index in [0.29, 0.717) is 31.9 Å². The van der Waals surface area contributed by atoms with E-state index in [1.807, 2.05) is 36.2 Å². The molecule has 1 aliphatic carbocycles. The Morgan fingerprint density at radius 3 is 2.68 bits per heavy atom. The average Bonchev–Trinajstić information content (AvgIpc) is 3.54. The molecule has 3 aromatic rings. The maximum absolute atomic E-state index is 13.0. The van der Waals surface area contributed by atoms with E-state index in [0.717, 1.165) is 46.2 Å². The van der Waals surface area contributed by atoms with Crippen molar-refractivity contribution in [2.24, 2.45) is 0 Å². The van der Waals surface area contributed by atoms with Crippen LogP contribution < -0.4 is 10.1 Å². The number of carboxylic acids is 1. The van der Waals surface area contributed by atoms with Crippen molar-refractivity contribution < 1.29 is 27.8 Å². The smallest absolute Gasteiger partial charge is 0.390 e. The van der Waals surface area contributed by atoms with Gasteiger partial charge in [0, 0.05) is 73.2 Å². The fourth-order valence-electron chi connectivity index (χ4n) is 5.38. The van der Waals surface area contributed by atoms with E-state index in [-0.39, 0.29) is 24.2 Å². The van der Waals surface area contributed by atoms with Crippen molar-refractivity contribution in [1.82, 2.24) is 14.8 Å². The van der Waals surface area contributed by atoms with Crippen LogP contribution in [-0.2, 0) is 6.54 Å². The van der Waals surface area contributed by atoms with Gasteiger partial charge in [0.1, 0.15) is 5.75 Å². The van der Waals surface area contributed by atoms with Crippen molar-refractivity contribution >= 4 is 22.6 Å². The Labute approximate surface area is 219 Å². The number of alkyl halides is 3. The number of nitrogens with zero attached hydrogens (tertiary/aromatic N) is 2. The van der Waals surface area contributed by atoms with Gasteiger partial charge in [-0.15, -0.1) is 0 Å². The monoisotopic (exact) mass is 530 g/mol. The number of fused-ring (bicyclic) bond motifs is 1. The van der Waals surface area contributed by atoms with Crippen LogP contribution in [0.4, 0.5) is 18.9 Å². The van der Waals surface area contributed by atoms with Gasteiger partial charge in [0.25, 0.3) is 0 Å². The summed E-state index contributed by atoms with van der Waals surface area (Å²) in [6.45, 7) is 3.99. The first-order valence-electron chi connectivity index (χ1n) is 12.9. The Balaban J connectivity index is 1.49. The molecule has 2 aliphatic rings. The first-order valence-corrected chi connectivity index (χ1v) is 12.9. The van der Waals surface area contributed by atoms with Crippen molar-refractivity contribution in [3.63, 3.8) is 0 Å². The molecule has 3 N–H and O–H groups in total. The van der Waals surface area contributed by atoms with Crippen LogP contribution in [0.15, 0.2) is 36.5 Å². The predicted octanol–water partition coefficient (Wildman–Crippen LogP) is 5.57. The summed E-state index contributed by atoms with van der Waals surface area (Å²) < 4.78 is 44.8. The maximum atomic E-state index is 13.0. The molecule has 2 heterocycles. The number of carbonyl (C=O) groups is 1. The first-order chi connectivity index (χ1) is 18.1. The van der Waals surface area contributed by atoms with Crippen LogP contribution >= 0.6 is 0 Å². The number of H-pyrrole nitrogens is 1. The highest BCUT2D eigenvalue weighted by Crippen LogP contribution is 2.37. The van der Waals surface area contributed by atoms with E-state index >= 15 is 0 Å². The summed E-state index contributed by atoms with van der Waals surface area (Å²) in [6, 6.07) is 9.32. The summed E-state index contributed by atoms with van der Waals surface area (Å²) in [6.07, 6.45) is -1.20. The van der Waals surface area contributed by atoms with E-state index in [9.17, 15) is 23.1 Å². The number of hydrogen-bond donors (Lipinski definition) is 3. The van der Waals surface area contributed by atoms with Gasteiger partial charge in [0.05, 0.1) is 19.1 Å². The van der Waals surface area contributed by atoms with Gasteiger partial charge in [-0.3, -0.25) is 9.80 Å². The van der Waals surface area contributed by atoms with Gasteiger partial charge >= 0.3 is 12.1 Å². The number of aromatic carboxylic acids is 1. The van der Waals surface area contributed by atoms with E-state index in [1.54, 1.807) is 19.2 Å². The normalized spacial score (nSPS) is 19.1. The van der Waals surface area contributed by atoms with E-state index in [2.05, 4.69) is 15.2 Å². The summed E-state index contributed by atoms with van der Waals surface area (Å²) in [5.74, 6) is -0.239. The molecule has 1 aromatic heterocycles. The van der Waals surface area contributed by atoms with Gasteiger partial charge in [0.2, 0.25) is 0 Å². The van der Waals surface area contributed by atoms with Gasteiger partial charge in [-0.1, -0.05) is 6.07 Å². The van der Waals surface area contributed by atoms with E-state index < -0.39 is 18.6 Å². The Morgan fingerprint density at radius 2 is 2.00 bits per heavy atom. The molecule has 38 heavy (non-hydrogen) atoms. The fourth-order valence-corrected chi connectivity index (χ4v) is 5.38. The number of benzene rings is 2. The standard InChI is InChI=1S/C28H33F3N4O3/c1-17-13-25(38-2)22(20-7-9-32-26(17)20)15-35-12-11-34(10-8-28(29,30)31)16-24(35)18-3-6-21(27(36)37)23(14-18)33-19-4-5-19/h3,6-7,9,13-14,19,24,32-33H,4-5,8,10-12,15-16H2,1-2H3,(H,36,37)/t24-/m0/s1. The quantitative estimate of drug-likeness (QED) is 0.336. The summed E-state index contributed by atoms with van der Waals surface area (Å²) in [5.41, 5.74) is 4.76. The van der Waals surface area contributed by atoms with Crippen LogP contribution in [0.2, 0.25) is 0 Å². The largest absolute Gasteiger partial charge is 0.496 e. The first kappa shape index (κ1) is 26.4. The van der Waals surface area contributed by atoms with E-state index in [1.165, 1.54) is 0 Å². The fraction of sp³-hybridized carbons (Fsp3) is 0.464. The molecule has 1 saturated carbocycles. The van der Waals surface area contributed by atoms with Gasteiger partial charge in [0.15, 0.2) is 0 Å². The maximum Gasteiger partial charge on any atom is 0.390 e. The summed E-state index contributed by atoms with van der Waals surface area (Å²) in [5, 5.41) is 14.1. The minimum absolute atomic E-state index is 0.0653. The molecular weight excluding hydrogens is 497 g/mol. The number of ether oxygens (including phenoxy) is 1. The van der Waals surface area contributed by atoms with Crippen LogP contribution in [0.1, 0.15) is 52.4 Å². The topological polar surface area (TPSA) is 80.8 Å². The number of anilines is 1. The number of aromatic nitrogens is 1. The number of aromatic amines is 1. The van der Waals surface area contributed by atoms with Crippen molar-refractivity contribution in [1.29, 1.82) is 0 Å². The molecule has 1 aliphatic heterocycles. The number of rotatable bonds is 9. The van der Waals surface area contributed by atoms with Crippen LogP contribution in [0, 0.1) is 6.92 Å². The number of methoxy groups -OCH3 is 1. The summed E-state index contributed by atoms with van der Waals surface area (Å²) in [7, 11) is 1.64. The molecule has 1 saturated heterocycles. The third-order valence-corrected chi connectivity index (χ3v) is 7.58. The zero-order valence-corrected chi connectivity index (χ0v) is 21.6. The molecule has 0 spiro atoms. The Bertz CT molecular complexity index is 1320. The van der Waals surface area contributed by atoms with E-state index in [4.69, 9.17) is 4.74 Å². The van der Waals surface area contributed by atoms with Crippen molar-refractivity contribution in [2.45, 2.75) is 51.0 Å². The molecule has 0 unspecified atom stereocenters. The predicted molar refractivity (Wildman–Crippen MR) is 140 cm³/mol. The lowest BCUT2D eigenvalue weighted by molar-refractivity contribution is -0.139. The van der Waals surface area contributed by atoms with Gasteiger partial charge in [-0.25, -0.2) is 4.79 Å². The number of nitrogens with one attached hydrogen (secondary N) is 2. The SMILES string of the molecule is COc1cc(C)c2[nH]ccc2c1CN1CCN(CCC(F)(F)F)C[C@H]1c1ccc(C(=O)O)c(NC2CC2)c1. The lowest BCUT2D eigenvalue weighted by Gasteiger charge is -2.42. The number of carboxylic acid groups (broad SMARTS) is 1. The van der Waals surface area contributed by atoms with Crippen molar-refractivity contribution in [2.75, 3.05) is 38.6 Å². The number of piperazine rings is 1. The Kier molecular flexibility index (Phi) is 7.28. The van der Waals surface area contributed by atoms with Crippen LogP contribution in [0.25, 0.3) is 10.9 Å². The van der Waals surface area contributed by atoms with Gasteiger partial charge < -0.3 is 20.1 Å². The summed E-state index contributed by atoms with van der Waals surface area (Å²) in [4.78, 5) is 19.3. The molecule has 7 nitrogen and oxygen atoms in total. The molecule has 0 radical (unpaired) electrons. The highest BCUT2D eigenvalue weighted by Gasteiger charge is 2.34. The minimum Gasteiger partial charge on any atom is -0.496 e. The molecule has 0 bridgehead atoms. The van der Waals surface area contributed by atoms with Gasteiger partial charge in [-0.2, -0.15) is 13.2 Å². The number of halogens is 3. The van der Waals surface area contributed by atoms with Crippen molar-refractivity contribution in [3.05, 3.63) is 58.8 Å². The molecule has 0 amide bonds. The third kappa shape index (κ3) is 5.76. The number of aryl methyl sites for hydroxylation is 1. The second-order valence-corrected chi connectivity index (χ2v) is 10.3. The minimum atomic E-state index is -4.22. The van der Waals surface area contributed by atoms with Crippen LogP contribution in [-0.4, -0.2) is 71.4 Å². The highest BCUT2D eigenvalue weighted by atomic mass is 19.4. The second-order valence-electron chi connectivity index (χ2n) is 10.3. The number of hydrogen-bond acceptors (Lipinski definition) is 5. The molecule has 10 heteroatoms. The second kappa shape index (κ2) is 10.5. The molecule has 204 valence electrons. The third-order valence-electron chi connectivity index (χ3n) is 7.58. The van der Waals surface area contributed by atoms with Gasteiger partial charge in [-0.05, 0) is 55.2 Å². The lowest BCUT2D eigenvalue weighted by Crippen LogP contribution is -2.48. The highest BCUT2D eigenvalue weighted by molar-refractivity contribution is 5.94. The molecule has 5 rings (SSSR count). The molecule has 2 fully saturated rings. The van der Waals surface area contributed by atoms with Crippen LogP contribution in [0.5, 0.6) is 5.75 Å². The van der Waals surface area contributed by atoms with Crippen LogP contribution in [0.3, 0.4) is 0 Å². The molecular formula is C28H33F3N4O3. The zero-order valence-electron chi connectivity index (χ0n) is 21.6.